The summed E-state index contributed by atoms with van der Waals surface area (Å²) in [6.45, 7) is 0.831. The van der Waals surface area contributed by atoms with E-state index in [1.807, 2.05) is 30.7 Å². The van der Waals surface area contributed by atoms with Gasteiger partial charge >= 0.3 is 0 Å². The molecule has 154 valence electrons. The van der Waals surface area contributed by atoms with E-state index in [-0.39, 0.29) is 5.91 Å². The minimum absolute atomic E-state index is 0.245. The Kier molecular flexibility index (Phi) is 6.86. The molecule has 4 rings (SSSR count). The average Bonchev–Trinajstić information content (AvgIpc) is 3.31. The van der Waals surface area contributed by atoms with Crippen molar-refractivity contribution in [2.24, 2.45) is 11.8 Å². The Morgan fingerprint density at radius 1 is 0.966 bits per heavy atom. The van der Waals surface area contributed by atoms with Gasteiger partial charge in [0.1, 0.15) is 6.33 Å². The lowest BCUT2D eigenvalue weighted by Gasteiger charge is -2.29. The molecule has 2 aliphatic rings. The molecule has 2 aromatic rings. The third kappa shape index (κ3) is 5.40. The van der Waals surface area contributed by atoms with E-state index in [2.05, 4.69) is 20.3 Å². The van der Waals surface area contributed by atoms with Gasteiger partial charge in [-0.1, -0.05) is 25.7 Å². The van der Waals surface area contributed by atoms with Crippen LogP contribution < -0.4 is 5.32 Å². The lowest BCUT2D eigenvalue weighted by molar-refractivity contribution is -0.121. The lowest BCUT2D eigenvalue weighted by atomic mass is 9.79. The highest BCUT2D eigenvalue weighted by Crippen LogP contribution is 2.38. The number of nitrogens with one attached hydrogen (secondary N) is 1. The van der Waals surface area contributed by atoms with E-state index < -0.39 is 0 Å². The van der Waals surface area contributed by atoms with Crippen molar-refractivity contribution in [3.63, 3.8) is 0 Å². The molecule has 0 atom stereocenters. The van der Waals surface area contributed by atoms with Crippen LogP contribution in [0.2, 0.25) is 0 Å². The van der Waals surface area contributed by atoms with Crippen molar-refractivity contribution in [2.45, 2.75) is 70.1 Å². The van der Waals surface area contributed by atoms with Crippen molar-refractivity contribution in [3.05, 3.63) is 42.7 Å². The molecule has 0 bridgehead atoms. The number of amides is 1. The topological polar surface area (TPSA) is 67.8 Å². The summed E-state index contributed by atoms with van der Waals surface area (Å²) in [4.78, 5) is 25.2. The molecule has 2 aliphatic carbocycles. The SMILES string of the molecule is O=C(CCC1CCCC1)NCC1CCC(c2ncncc2-c2ccncc2)CC1. The fraction of sp³-hybridized carbons (Fsp3) is 0.583. The maximum Gasteiger partial charge on any atom is 0.220 e. The summed E-state index contributed by atoms with van der Waals surface area (Å²) in [6, 6.07) is 4.05. The smallest absolute Gasteiger partial charge is 0.220 e. The van der Waals surface area contributed by atoms with Crippen LogP contribution in [0.5, 0.6) is 0 Å². The largest absolute Gasteiger partial charge is 0.356 e. The summed E-state index contributed by atoms with van der Waals surface area (Å²) >= 11 is 0. The number of hydrogen-bond acceptors (Lipinski definition) is 4. The number of nitrogens with zero attached hydrogens (tertiary/aromatic N) is 3. The summed E-state index contributed by atoms with van der Waals surface area (Å²) in [5.74, 6) is 2.09. The maximum absolute atomic E-state index is 12.2. The monoisotopic (exact) mass is 392 g/mol. The Balaban J connectivity index is 1.25. The molecule has 0 spiro atoms. The number of hydrogen-bond donors (Lipinski definition) is 1. The number of carbonyl (C=O) groups is 1. The molecule has 5 heteroatoms. The van der Waals surface area contributed by atoms with Crippen LogP contribution >= 0.6 is 0 Å². The third-order valence-corrected chi connectivity index (χ3v) is 6.81. The van der Waals surface area contributed by atoms with Crippen molar-refractivity contribution in [1.29, 1.82) is 0 Å². The predicted molar refractivity (Wildman–Crippen MR) is 114 cm³/mol. The van der Waals surface area contributed by atoms with Crippen LogP contribution in [0.1, 0.15) is 75.8 Å². The predicted octanol–water partition coefficient (Wildman–Crippen LogP) is 4.90. The quantitative estimate of drug-likeness (QED) is 0.728. The summed E-state index contributed by atoms with van der Waals surface area (Å²) in [5.41, 5.74) is 3.41. The summed E-state index contributed by atoms with van der Waals surface area (Å²) in [6.07, 6.45) is 18.9. The Morgan fingerprint density at radius 3 is 2.48 bits per heavy atom. The zero-order valence-corrected chi connectivity index (χ0v) is 17.2. The maximum atomic E-state index is 12.2. The molecular formula is C24H32N4O. The van der Waals surface area contributed by atoms with Gasteiger partial charge in [0.25, 0.3) is 0 Å². The first-order chi connectivity index (χ1) is 14.3. The molecule has 1 amide bonds. The first kappa shape index (κ1) is 20.0. The Labute approximate surface area is 173 Å². The van der Waals surface area contributed by atoms with Gasteiger partial charge in [-0.15, -0.1) is 0 Å². The van der Waals surface area contributed by atoms with E-state index in [0.717, 1.165) is 61.4 Å². The molecule has 0 unspecified atom stereocenters. The van der Waals surface area contributed by atoms with Gasteiger partial charge in [-0.2, -0.15) is 0 Å². The number of rotatable bonds is 7. The fourth-order valence-corrected chi connectivity index (χ4v) is 5.04. The van der Waals surface area contributed by atoms with E-state index in [1.165, 1.54) is 25.7 Å². The second kappa shape index (κ2) is 9.95. The highest BCUT2D eigenvalue weighted by molar-refractivity contribution is 5.75. The van der Waals surface area contributed by atoms with Crippen LogP contribution in [0.3, 0.4) is 0 Å². The molecule has 2 fully saturated rings. The minimum atomic E-state index is 0.245. The molecule has 2 saturated carbocycles. The van der Waals surface area contributed by atoms with Gasteiger partial charge in [-0.25, -0.2) is 9.97 Å². The summed E-state index contributed by atoms with van der Waals surface area (Å²) < 4.78 is 0. The van der Waals surface area contributed by atoms with E-state index in [1.54, 1.807) is 6.33 Å². The molecule has 29 heavy (non-hydrogen) atoms. The Morgan fingerprint density at radius 2 is 1.72 bits per heavy atom. The average molecular weight is 393 g/mol. The molecule has 5 nitrogen and oxygen atoms in total. The Bertz CT molecular complexity index is 780. The van der Waals surface area contributed by atoms with Crippen LogP contribution in [0, 0.1) is 11.8 Å². The number of carbonyl (C=O) groups excluding carboxylic acids is 1. The number of aromatic nitrogens is 3. The van der Waals surface area contributed by atoms with Crippen LogP contribution in [0.15, 0.2) is 37.1 Å². The number of pyridine rings is 1. The molecule has 2 aromatic heterocycles. The molecule has 0 aliphatic heterocycles. The first-order valence-corrected chi connectivity index (χ1v) is 11.3. The molecule has 2 heterocycles. The summed E-state index contributed by atoms with van der Waals surface area (Å²) in [5, 5.41) is 3.20. The zero-order chi connectivity index (χ0) is 19.9. The van der Waals surface area contributed by atoms with Crippen molar-refractivity contribution in [1.82, 2.24) is 20.3 Å². The van der Waals surface area contributed by atoms with E-state index in [0.29, 0.717) is 18.3 Å². The summed E-state index contributed by atoms with van der Waals surface area (Å²) in [7, 11) is 0. The van der Waals surface area contributed by atoms with Gasteiger partial charge in [0.15, 0.2) is 0 Å². The Hall–Kier alpha value is -2.30. The van der Waals surface area contributed by atoms with Gasteiger partial charge in [0.2, 0.25) is 5.91 Å². The zero-order valence-electron chi connectivity index (χ0n) is 17.2. The first-order valence-electron chi connectivity index (χ1n) is 11.3. The molecule has 0 radical (unpaired) electrons. The highest BCUT2D eigenvalue weighted by Gasteiger charge is 2.26. The fourth-order valence-electron chi connectivity index (χ4n) is 5.04. The van der Waals surface area contributed by atoms with Gasteiger partial charge in [-0.3, -0.25) is 9.78 Å². The van der Waals surface area contributed by atoms with Crippen molar-refractivity contribution in [3.8, 4) is 11.1 Å². The van der Waals surface area contributed by atoms with E-state index >= 15 is 0 Å². The van der Waals surface area contributed by atoms with Gasteiger partial charge < -0.3 is 5.32 Å². The van der Waals surface area contributed by atoms with E-state index in [9.17, 15) is 4.79 Å². The normalized spacial score (nSPS) is 22.5. The minimum Gasteiger partial charge on any atom is -0.356 e. The molecule has 0 saturated heterocycles. The molecular weight excluding hydrogens is 360 g/mol. The van der Waals surface area contributed by atoms with Crippen molar-refractivity contribution < 1.29 is 4.79 Å². The second-order valence-corrected chi connectivity index (χ2v) is 8.77. The van der Waals surface area contributed by atoms with Crippen LogP contribution in [0.4, 0.5) is 0 Å². The van der Waals surface area contributed by atoms with Crippen molar-refractivity contribution >= 4 is 5.91 Å². The van der Waals surface area contributed by atoms with Gasteiger partial charge in [0.05, 0.1) is 5.69 Å². The standard InChI is InChI=1S/C24H32N4O/c29-23(10-7-18-3-1-2-4-18)27-15-19-5-8-21(9-6-19)24-22(16-26-17-28-24)20-11-13-25-14-12-20/h11-14,16-19,21H,1-10,15H2,(H,27,29). The van der Waals surface area contributed by atoms with E-state index in [4.69, 9.17) is 0 Å². The lowest BCUT2D eigenvalue weighted by Crippen LogP contribution is -2.31. The van der Waals surface area contributed by atoms with Gasteiger partial charge in [0, 0.05) is 43.0 Å². The third-order valence-electron chi connectivity index (χ3n) is 6.81. The van der Waals surface area contributed by atoms with Crippen molar-refractivity contribution in [2.75, 3.05) is 6.54 Å². The molecule has 0 aromatic carbocycles. The van der Waals surface area contributed by atoms with Gasteiger partial charge in [-0.05, 0) is 61.6 Å². The van der Waals surface area contributed by atoms with Crippen LogP contribution in [0.25, 0.3) is 11.1 Å². The van der Waals surface area contributed by atoms with Crippen LogP contribution in [-0.4, -0.2) is 27.4 Å². The second-order valence-electron chi connectivity index (χ2n) is 8.77. The highest BCUT2D eigenvalue weighted by atomic mass is 16.1. The molecule has 1 N–H and O–H groups in total. The van der Waals surface area contributed by atoms with Crippen LogP contribution in [-0.2, 0) is 4.79 Å².